The number of allylic oxidation sites excluding steroid dienone is 2. The highest BCUT2D eigenvalue weighted by atomic mass is 16.3. The minimum Gasteiger partial charge on any atom is -0.390 e. The van der Waals surface area contributed by atoms with Crippen molar-refractivity contribution in [1.29, 1.82) is 0 Å². The van der Waals surface area contributed by atoms with Crippen molar-refractivity contribution in [2.24, 2.45) is 45.1 Å². The van der Waals surface area contributed by atoms with Crippen molar-refractivity contribution >= 4 is 0 Å². The van der Waals surface area contributed by atoms with Crippen molar-refractivity contribution in [3.05, 3.63) is 11.1 Å². The topological polar surface area (TPSA) is 46.2 Å². The van der Waals surface area contributed by atoms with E-state index < -0.39 is 5.60 Å². The summed E-state index contributed by atoms with van der Waals surface area (Å²) in [7, 11) is 0. The molecule has 2 nitrogen and oxygen atoms in total. The van der Waals surface area contributed by atoms with Crippen LogP contribution in [0.15, 0.2) is 11.1 Å². The Bertz CT molecular complexity index is 759. The van der Waals surface area contributed by atoms with Gasteiger partial charge < -0.3 is 10.8 Å². The summed E-state index contributed by atoms with van der Waals surface area (Å²) in [5, 5.41) is 10.2. The Morgan fingerprint density at radius 1 is 0.969 bits per heavy atom. The summed E-state index contributed by atoms with van der Waals surface area (Å²) < 4.78 is 0. The molecule has 2 heteroatoms. The lowest BCUT2D eigenvalue weighted by molar-refractivity contribution is -0.0304. The molecule has 0 aromatic heterocycles. The van der Waals surface area contributed by atoms with E-state index in [1.54, 1.807) is 0 Å². The zero-order chi connectivity index (χ0) is 23.7. The number of aliphatic hydroxyl groups is 1. The molecule has 0 aromatic rings. The molecule has 4 rings (SSSR count). The highest BCUT2D eigenvalue weighted by molar-refractivity contribution is 5.38. The van der Waals surface area contributed by atoms with Crippen molar-refractivity contribution in [3.8, 4) is 0 Å². The van der Waals surface area contributed by atoms with Crippen LogP contribution in [0, 0.1) is 39.4 Å². The molecule has 4 aliphatic rings. The zero-order valence-electron chi connectivity index (χ0n) is 22.6. The van der Waals surface area contributed by atoms with Gasteiger partial charge in [-0.15, -0.1) is 0 Å². The molecule has 0 heterocycles. The van der Waals surface area contributed by atoms with E-state index in [4.69, 9.17) is 5.73 Å². The largest absolute Gasteiger partial charge is 0.390 e. The molecular formula is C30H53NO. The molecule has 0 amide bonds. The van der Waals surface area contributed by atoms with Crippen LogP contribution in [0.1, 0.15) is 126 Å². The van der Waals surface area contributed by atoms with E-state index in [2.05, 4.69) is 41.5 Å². The first-order valence-corrected chi connectivity index (χ1v) is 13.9. The highest BCUT2D eigenvalue weighted by Crippen LogP contribution is 2.72. The van der Waals surface area contributed by atoms with Gasteiger partial charge in [0.1, 0.15) is 0 Å². The lowest BCUT2D eigenvalue weighted by atomic mass is 9.43. The van der Waals surface area contributed by atoms with Crippen molar-refractivity contribution in [2.45, 2.75) is 138 Å². The van der Waals surface area contributed by atoms with E-state index in [0.29, 0.717) is 22.3 Å². The summed E-state index contributed by atoms with van der Waals surface area (Å²) >= 11 is 0. The van der Waals surface area contributed by atoms with Gasteiger partial charge in [0.25, 0.3) is 0 Å². The SMILES string of the molecule is C[C@H](CCCC(C)(C)O)[C@H]1CC[C@@]2(C)C3=C(CC[C@]12C)[C@@]1(C)CCC(N)C(C)(C)[C@@H]1CC3. The number of fused-ring (bicyclic) bond motifs is 4. The summed E-state index contributed by atoms with van der Waals surface area (Å²) in [6.45, 7) is 19.3. The van der Waals surface area contributed by atoms with Crippen molar-refractivity contribution in [3.63, 3.8) is 0 Å². The van der Waals surface area contributed by atoms with E-state index in [1.165, 1.54) is 57.8 Å². The van der Waals surface area contributed by atoms with Gasteiger partial charge in [-0.2, -0.15) is 0 Å². The van der Waals surface area contributed by atoms with Crippen LogP contribution in [0.3, 0.4) is 0 Å². The van der Waals surface area contributed by atoms with Crippen LogP contribution in [0.2, 0.25) is 0 Å². The van der Waals surface area contributed by atoms with E-state index in [-0.39, 0.29) is 5.41 Å². The van der Waals surface area contributed by atoms with Crippen LogP contribution in [-0.2, 0) is 0 Å². The maximum Gasteiger partial charge on any atom is 0.0591 e. The Morgan fingerprint density at radius 3 is 2.31 bits per heavy atom. The predicted molar refractivity (Wildman–Crippen MR) is 136 cm³/mol. The fraction of sp³-hybridized carbons (Fsp3) is 0.933. The summed E-state index contributed by atoms with van der Waals surface area (Å²) in [6, 6.07) is 0.354. The number of hydrogen-bond donors (Lipinski definition) is 2. The Labute approximate surface area is 199 Å². The van der Waals surface area contributed by atoms with Gasteiger partial charge in [0, 0.05) is 6.04 Å². The van der Waals surface area contributed by atoms with Crippen molar-refractivity contribution in [2.75, 3.05) is 0 Å². The molecule has 0 spiro atoms. The first-order valence-electron chi connectivity index (χ1n) is 13.9. The first kappa shape index (κ1) is 24.8. The minimum atomic E-state index is -0.525. The average Bonchev–Trinajstić information content (AvgIpc) is 2.96. The molecule has 2 fully saturated rings. The van der Waals surface area contributed by atoms with E-state index in [1.807, 2.05) is 25.0 Å². The highest BCUT2D eigenvalue weighted by Gasteiger charge is 2.63. The van der Waals surface area contributed by atoms with Crippen LogP contribution in [0.5, 0.6) is 0 Å². The lowest BCUT2D eigenvalue weighted by Gasteiger charge is -2.62. The van der Waals surface area contributed by atoms with Gasteiger partial charge in [0.05, 0.1) is 5.60 Å². The standard InChI is InChI=1S/C30H53NO/c1-20(10-9-16-26(2,3)32)21-13-18-30(8)23-11-12-24-27(4,5)25(31)15-17-28(24,6)22(23)14-19-29(21,30)7/h20-21,24-25,32H,9-19,31H2,1-8H3/t20-,21-,24+,25?,28-,29-,30+/m1/s1. The second kappa shape index (κ2) is 7.84. The van der Waals surface area contributed by atoms with Crippen LogP contribution in [0.4, 0.5) is 0 Å². The summed E-state index contributed by atoms with van der Waals surface area (Å²) in [4.78, 5) is 0. The van der Waals surface area contributed by atoms with E-state index in [0.717, 1.165) is 30.6 Å². The second-order valence-electron chi connectivity index (χ2n) is 14.5. The lowest BCUT2D eigenvalue weighted by Crippen LogP contribution is -2.57. The molecule has 3 N–H and O–H groups in total. The molecule has 184 valence electrons. The number of nitrogens with two attached hydrogens (primary N) is 1. The third-order valence-electron chi connectivity index (χ3n) is 12.1. The molecule has 1 unspecified atom stereocenters. The Morgan fingerprint density at radius 2 is 1.66 bits per heavy atom. The molecule has 2 saturated carbocycles. The molecule has 0 aromatic carbocycles. The molecule has 7 atom stereocenters. The van der Waals surface area contributed by atoms with E-state index in [9.17, 15) is 5.11 Å². The number of rotatable bonds is 5. The summed E-state index contributed by atoms with van der Waals surface area (Å²) in [6.07, 6.45) is 13.9. The normalized spacial score (nSPS) is 44.6. The molecule has 0 saturated heterocycles. The molecule has 32 heavy (non-hydrogen) atoms. The van der Waals surface area contributed by atoms with Crippen molar-refractivity contribution < 1.29 is 5.11 Å². The van der Waals surface area contributed by atoms with E-state index >= 15 is 0 Å². The van der Waals surface area contributed by atoms with Crippen molar-refractivity contribution in [1.82, 2.24) is 0 Å². The third-order valence-corrected chi connectivity index (χ3v) is 12.1. The zero-order valence-corrected chi connectivity index (χ0v) is 22.6. The van der Waals surface area contributed by atoms with Gasteiger partial charge in [-0.1, -0.05) is 65.5 Å². The third kappa shape index (κ3) is 3.57. The molecule has 4 aliphatic carbocycles. The minimum absolute atomic E-state index is 0.250. The van der Waals surface area contributed by atoms with Crippen LogP contribution < -0.4 is 5.73 Å². The maximum absolute atomic E-state index is 10.2. The predicted octanol–water partition coefficient (Wildman–Crippen LogP) is 7.64. The van der Waals surface area contributed by atoms with Gasteiger partial charge in [0.15, 0.2) is 0 Å². The molecule has 0 bridgehead atoms. The molecule has 0 aliphatic heterocycles. The summed E-state index contributed by atoms with van der Waals surface area (Å²) in [5.41, 5.74) is 11.3. The number of hydrogen-bond acceptors (Lipinski definition) is 2. The first-order chi connectivity index (χ1) is 14.7. The Kier molecular flexibility index (Phi) is 6.07. The van der Waals surface area contributed by atoms with Gasteiger partial charge in [0.2, 0.25) is 0 Å². The average molecular weight is 444 g/mol. The van der Waals surface area contributed by atoms with Crippen LogP contribution in [0.25, 0.3) is 0 Å². The van der Waals surface area contributed by atoms with Gasteiger partial charge in [-0.3, -0.25) is 0 Å². The second-order valence-corrected chi connectivity index (χ2v) is 14.5. The maximum atomic E-state index is 10.2. The van der Waals surface area contributed by atoms with Gasteiger partial charge in [-0.25, -0.2) is 0 Å². The monoisotopic (exact) mass is 443 g/mol. The summed E-state index contributed by atoms with van der Waals surface area (Å²) in [5.74, 6) is 2.32. The van der Waals surface area contributed by atoms with Gasteiger partial charge >= 0.3 is 0 Å². The Balaban J connectivity index is 1.60. The fourth-order valence-electron chi connectivity index (χ4n) is 9.73. The smallest absolute Gasteiger partial charge is 0.0591 e. The Hall–Kier alpha value is -0.340. The molecular weight excluding hydrogens is 390 g/mol. The quantitative estimate of drug-likeness (QED) is 0.429. The van der Waals surface area contributed by atoms with Crippen LogP contribution >= 0.6 is 0 Å². The van der Waals surface area contributed by atoms with Gasteiger partial charge in [-0.05, 0) is 111 Å². The van der Waals surface area contributed by atoms with Crippen LogP contribution in [-0.4, -0.2) is 16.7 Å². The molecule has 0 radical (unpaired) electrons. The fourth-order valence-corrected chi connectivity index (χ4v) is 9.73.